The lowest BCUT2D eigenvalue weighted by atomic mass is 10.1. The van der Waals surface area contributed by atoms with Gasteiger partial charge in [-0.2, -0.15) is 0 Å². The van der Waals surface area contributed by atoms with E-state index in [1.54, 1.807) is 25.1 Å². The van der Waals surface area contributed by atoms with Crippen LogP contribution in [0, 0.1) is 5.82 Å². The minimum Gasteiger partial charge on any atom is -0.479 e. The van der Waals surface area contributed by atoms with Gasteiger partial charge in [0.2, 0.25) is 5.91 Å². The Labute approximate surface area is 149 Å². The summed E-state index contributed by atoms with van der Waals surface area (Å²) in [5, 5.41) is 2.55. The summed E-state index contributed by atoms with van der Waals surface area (Å²) in [5.41, 5.74) is 1.06. The van der Waals surface area contributed by atoms with Crippen molar-refractivity contribution in [1.29, 1.82) is 0 Å². The molecule has 1 atom stereocenters. The zero-order valence-corrected chi connectivity index (χ0v) is 14.3. The number of benzene rings is 2. The fraction of sp³-hybridized carbons (Fsp3) is 0.211. The van der Waals surface area contributed by atoms with Crippen molar-refractivity contribution in [2.45, 2.75) is 20.0 Å². The minimum absolute atomic E-state index is 0.164. The number of nitrogens with one attached hydrogen (secondary N) is 1. The second-order valence-corrected chi connectivity index (χ2v) is 5.98. The van der Waals surface area contributed by atoms with Crippen LogP contribution in [0.1, 0.15) is 24.2 Å². The standard InChI is InChI=1S/C19H17FN2O4/c1-11(23)13-6-7-17-16(8-13)22(19(25)12(2)26-17)10-18(24)21-15-5-3-4-14(20)9-15/h3-9,12H,10H2,1-2H3,(H,21,24). The topological polar surface area (TPSA) is 75.7 Å². The molecule has 1 heterocycles. The maximum Gasteiger partial charge on any atom is 0.268 e. The molecular formula is C19H17FN2O4. The van der Waals surface area contributed by atoms with Crippen molar-refractivity contribution in [3.8, 4) is 5.75 Å². The van der Waals surface area contributed by atoms with E-state index >= 15 is 0 Å². The van der Waals surface area contributed by atoms with Crippen molar-refractivity contribution in [2.24, 2.45) is 0 Å². The van der Waals surface area contributed by atoms with Gasteiger partial charge < -0.3 is 10.1 Å². The van der Waals surface area contributed by atoms with E-state index in [-0.39, 0.29) is 12.3 Å². The molecule has 0 bridgehead atoms. The van der Waals surface area contributed by atoms with Crippen molar-refractivity contribution in [3.05, 3.63) is 53.8 Å². The number of nitrogens with zero attached hydrogens (tertiary/aromatic N) is 1. The van der Waals surface area contributed by atoms with Crippen LogP contribution in [0.3, 0.4) is 0 Å². The molecule has 7 heteroatoms. The summed E-state index contributed by atoms with van der Waals surface area (Å²) >= 11 is 0. The fourth-order valence-corrected chi connectivity index (χ4v) is 2.70. The van der Waals surface area contributed by atoms with Crippen LogP contribution in [0.2, 0.25) is 0 Å². The Balaban J connectivity index is 1.86. The molecule has 1 N–H and O–H groups in total. The normalized spacial score (nSPS) is 15.9. The van der Waals surface area contributed by atoms with Gasteiger partial charge in [0.25, 0.3) is 5.91 Å². The lowest BCUT2D eigenvalue weighted by Crippen LogP contribution is -2.47. The first-order valence-electron chi connectivity index (χ1n) is 8.03. The Hall–Kier alpha value is -3.22. The molecule has 0 spiro atoms. The highest BCUT2D eigenvalue weighted by Gasteiger charge is 2.33. The molecule has 26 heavy (non-hydrogen) atoms. The summed E-state index contributed by atoms with van der Waals surface area (Å²) in [6, 6.07) is 10.2. The van der Waals surface area contributed by atoms with E-state index in [2.05, 4.69) is 5.32 Å². The third kappa shape index (κ3) is 3.56. The summed E-state index contributed by atoms with van der Waals surface area (Å²) < 4.78 is 18.8. The molecule has 3 rings (SSSR count). The van der Waals surface area contributed by atoms with Gasteiger partial charge in [0.05, 0.1) is 5.69 Å². The molecule has 0 saturated heterocycles. The van der Waals surface area contributed by atoms with Crippen LogP contribution >= 0.6 is 0 Å². The van der Waals surface area contributed by atoms with Gasteiger partial charge in [-0.25, -0.2) is 4.39 Å². The van der Waals surface area contributed by atoms with Gasteiger partial charge in [-0.05, 0) is 50.2 Å². The van der Waals surface area contributed by atoms with Gasteiger partial charge in [0.1, 0.15) is 18.1 Å². The molecule has 1 aliphatic rings. The quantitative estimate of drug-likeness (QED) is 0.855. The number of rotatable bonds is 4. The van der Waals surface area contributed by atoms with Gasteiger partial charge in [-0.1, -0.05) is 6.07 Å². The van der Waals surface area contributed by atoms with E-state index in [1.165, 1.54) is 36.1 Å². The summed E-state index contributed by atoms with van der Waals surface area (Å²) in [5.74, 6) is -1.11. The number of fused-ring (bicyclic) bond motifs is 1. The molecule has 1 unspecified atom stereocenters. The number of carbonyl (C=O) groups is 3. The number of hydrogen-bond donors (Lipinski definition) is 1. The second-order valence-electron chi connectivity index (χ2n) is 5.98. The average molecular weight is 356 g/mol. The second kappa shape index (κ2) is 6.95. The molecule has 2 amide bonds. The van der Waals surface area contributed by atoms with Gasteiger partial charge in [0.15, 0.2) is 11.9 Å². The number of amides is 2. The molecule has 0 fully saturated rings. The first-order chi connectivity index (χ1) is 12.3. The van der Waals surface area contributed by atoms with Crippen molar-refractivity contribution < 1.29 is 23.5 Å². The number of hydrogen-bond acceptors (Lipinski definition) is 4. The minimum atomic E-state index is -0.757. The van der Waals surface area contributed by atoms with E-state index < -0.39 is 23.7 Å². The van der Waals surface area contributed by atoms with Crippen LogP contribution in [0.15, 0.2) is 42.5 Å². The molecular weight excluding hydrogens is 339 g/mol. The number of anilines is 2. The zero-order valence-electron chi connectivity index (χ0n) is 14.3. The van der Waals surface area contributed by atoms with Gasteiger partial charge in [-0.3, -0.25) is 19.3 Å². The lowest BCUT2D eigenvalue weighted by molar-refractivity contribution is -0.127. The fourth-order valence-electron chi connectivity index (χ4n) is 2.70. The molecule has 0 radical (unpaired) electrons. The monoisotopic (exact) mass is 356 g/mol. The van der Waals surface area contributed by atoms with Crippen molar-refractivity contribution >= 4 is 29.0 Å². The smallest absolute Gasteiger partial charge is 0.268 e. The maximum atomic E-state index is 13.2. The molecule has 2 aromatic carbocycles. The van der Waals surface area contributed by atoms with Crippen LogP contribution in [0.5, 0.6) is 5.75 Å². The van der Waals surface area contributed by atoms with Crippen molar-refractivity contribution in [1.82, 2.24) is 0 Å². The Morgan fingerprint density at radius 3 is 2.69 bits per heavy atom. The average Bonchev–Trinajstić information content (AvgIpc) is 2.58. The molecule has 2 aromatic rings. The molecule has 0 saturated carbocycles. The van der Waals surface area contributed by atoms with E-state index in [4.69, 9.17) is 4.74 Å². The summed E-state index contributed by atoms with van der Waals surface area (Å²) in [6.07, 6.45) is -0.757. The largest absolute Gasteiger partial charge is 0.479 e. The molecule has 1 aliphatic heterocycles. The van der Waals surface area contributed by atoms with E-state index in [0.717, 1.165) is 0 Å². The van der Waals surface area contributed by atoms with Gasteiger partial charge in [-0.15, -0.1) is 0 Å². The first kappa shape index (κ1) is 17.6. The SMILES string of the molecule is CC(=O)c1ccc2c(c1)N(CC(=O)Nc1cccc(F)c1)C(=O)C(C)O2. The van der Waals surface area contributed by atoms with E-state index in [0.29, 0.717) is 22.7 Å². The third-order valence-electron chi connectivity index (χ3n) is 3.98. The van der Waals surface area contributed by atoms with Gasteiger partial charge in [0, 0.05) is 11.3 Å². The van der Waals surface area contributed by atoms with Crippen LogP contribution in [-0.2, 0) is 9.59 Å². The van der Waals surface area contributed by atoms with Crippen LogP contribution in [0.4, 0.5) is 15.8 Å². The Kier molecular flexibility index (Phi) is 4.71. The zero-order chi connectivity index (χ0) is 18.8. The molecule has 0 aliphatic carbocycles. The number of halogens is 1. The Morgan fingerprint density at radius 2 is 2.00 bits per heavy atom. The van der Waals surface area contributed by atoms with Crippen molar-refractivity contribution in [3.63, 3.8) is 0 Å². The van der Waals surface area contributed by atoms with Crippen molar-refractivity contribution in [2.75, 3.05) is 16.8 Å². The third-order valence-corrected chi connectivity index (χ3v) is 3.98. The number of ketones is 1. The molecule has 6 nitrogen and oxygen atoms in total. The van der Waals surface area contributed by atoms with Crippen LogP contribution < -0.4 is 15.0 Å². The number of Topliss-reactive ketones (excluding diaryl/α,β-unsaturated/α-hetero) is 1. The van der Waals surface area contributed by atoms with Gasteiger partial charge >= 0.3 is 0 Å². The Bertz CT molecular complexity index is 897. The number of ether oxygens (including phenoxy) is 1. The summed E-state index contributed by atoms with van der Waals surface area (Å²) in [6.45, 7) is 2.72. The highest BCUT2D eigenvalue weighted by Crippen LogP contribution is 2.35. The Morgan fingerprint density at radius 1 is 1.23 bits per heavy atom. The summed E-state index contributed by atoms with van der Waals surface area (Å²) in [7, 11) is 0. The predicted molar refractivity (Wildman–Crippen MR) is 93.9 cm³/mol. The lowest BCUT2D eigenvalue weighted by Gasteiger charge is -2.32. The predicted octanol–water partition coefficient (Wildman–Crippen LogP) is 2.78. The van der Waals surface area contributed by atoms with E-state index in [1.807, 2.05) is 0 Å². The summed E-state index contributed by atoms with van der Waals surface area (Å²) in [4.78, 5) is 37.7. The van der Waals surface area contributed by atoms with Crippen LogP contribution in [-0.4, -0.2) is 30.2 Å². The highest BCUT2D eigenvalue weighted by atomic mass is 19.1. The number of carbonyl (C=O) groups excluding carboxylic acids is 3. The maximum absolute atomic E-state index is 13.2. The highest BCUT2D eigenvalue weighted by molar-refractivity contribution is 6.07. The van der Waals surface area contributed by atoms with Crippen LogP contribution in [0.25, 0.3) is 0 Å². The molecule has 0 aromatic heterocycles. The first-order valence-corrected chi connectivity index (χ1v) is 8.03. The van der Waals surface area contributed by atoms with E-state index in [9.17, 15) is 18.8 Å². The molecule has 134 valence electrons.